The van der Waals surface area contributed by atoms with Crippen molar-refractivity contribution in [1.29, 1.82) is 5.26 Å². The first kappa shape index (κ1) is 12.2. The van der Waals surface area contributed by atoms with E-state index in [1.54, 1.807) is 29.2 Å². The SMILES string of the molecule is C=CC1CC(=O)N(c2ccc(OC)c(C#N)c2)C1. The van der Waals surface area contributed by atoms with Gasteiger partial charge in [0.25, 0.3) is 0 Å². The molecule has 18 heavy (non-hydrogen) atoms. The van der Waals surface area contributed by atoms with Gasteiger partial charge in [-0.15, -0.1) is 6.58 Å². The molecule has 1 atom stereocenters. The van der Waals surface area contributed by atoms with Gasteiger partial charge in [0.1, 0.15) is 11.8 Å². The molecule has 1 aliphatic heterocycles. The van der Waals surface area contributed by atoms with Crippen molar-refractivity contribution in [2.24, 2.45) is 5.92 Å². The van der Waals surface area contributed by atoms with E-state index in [-0.39, 0.29) is 11.8 Å². The van der Waals surface area contributed by atoms with E-state index in [2.05, 4.69) is 12.6 Å². The first-order valence-corrected chi connectivity index (χ1v) is 5.70. The zero-order valence-corrected chi connectivity index (χ0v) is 10.2. The lowest BCUT2D eigenvalue weighted by atomic mass is 10.1. The summed E-state index contributed by atoms with van der Waals surface area (Å²) in [6, 6.07) is 7.26. The van der Waals surface area contributed by atoms with Crippen LogP contribution in [0.1, 0.15) is 12.0 Å². The van der Waals surface area contributed by atoms with Gasteiger partial charge in [-0.05, 0) is 18.2 Å². The highest BCUT2D eigenvalue weighted by Crippen LogP contribution is 2.29. The van der Waals surface area contributed by atoms with Crippen LogP contribution in [0.3, 0.4) is 0 Å². The number of methoxy groups -OCH3 is 1. The minimum atomic E-state index is 0.0638. The van der Waals surface area contributed by atoms with Gasteiger partial charge < -0.3 is 9.64 Å². The van der Waals surface area contributed by atoms with Gasteiger partial charge in [-0.2, -0.15) is 5.26 Å². The molecular formula is C14H14N2O2. The summed E-state index contributed by atoms with van der Waals surface area (Å²) in [5.74, 6) is 0.771. The van der Waals surface area contributed by atoms with Gasteiger partial charge in [0.15, 0.2) is 0 Å². The van der Waals surface area contributed by atoms with E-state index in [1.165, 1.54) is 7.11 Å². The minimum absolute atomic E-state index is 0.0638. The maximum Gasteiger partial charge on any atom is 0.227 e. The van der Waals surface area contributed by atoms with E-state index < -0.39 is 0 Å². The van der Waals surface area contributed by atoms with Crippen LogP contribution >= 0.6 is 0 Å². The zero-order valence-electron chi connectivity index (χ0n) is 10.2. The Kier molecular flexibility index (Phi) is 3.33. The van der Waals surface area contributed by atoms with Gasteiger partial charge in [0, 0.05) is 24.6 Å². The Hall–Kier alpha value is -2.28. The van der Waals surface area contributed by atoms with E-state index in [9.17, 15) is 4.79 Å². The second-order valence-electron chi connectivity index (χ2n) is 4.20. The lowest BCUT2D eigenvalue weighted by Crippen LogP contribution is -2.24. The van der Waals surface area contributed by atoms with E-state index in [0.29, 0.717) is 24.3 Å². The Morgan fingerprint density at radius 2 is 2.39 bits per heavy atom. The first-order chi connectivity index (χ1) is 8.69. The molecule has 1 saturated heterocycles. The molecule has 1 aromatic carbocycles. The lowest BCUT2D eigenvalue weighted by molar-refractivity contribution is -0.117. The fourth-order valence-electron chi connectivity index (χ4n) is 2.09. The Labute approximate surface area is 106 Å². The topological polar surface area (TPSA) is 53.3 Å². The van der Waals surface area contributed by atoms with Crippen LogP contribution in [-0.2, 0) is 4.79 Å². The molecule has 1 aromatic rings. The number of carbonyl (C=O) groups excluding carboxylic acids is 1. The van der Waals surface area contributed by atoms with Crippen LogP contribution in [-0.4, -0.2) is 19.6 Å². The predicted molar refractivity (Wildman–Crippen MR) is 68.4 cm³/mol. The highest BCUT2D eigenvalue weighted by Gasteiger charge is 2.28. The van der Waals surface area contributed by atoms with Crippen molar-refractivity contribution in [3.05, 3.63) is 36.4 Å². The minimum Gasteiger partial charge on any atom is -0.495 e. The van der Waals surface area contributed by atoms with Crippen molar-refractivity contribution in [2.75, 3.05) is 18.6 Å². The Morgan fingerprint density at radius 3 is 2.94 bits per heavy atom. The molecule has 0 spiro atoms. The van der Waals surface area contributed by atoms with E-state index in [1.807, 2.05) is 0 Å². The summed E-state index contributed by atoms with van der Waals surface area (Å²) in [5, 5.41) is 9.03. The molecule has 0 aliphatic carbocycles. The number of nitriles is 1. The third-order valence-corrected chi connectivity index (χ3v) is 3.10. The van der Waals surface area contributed by atoms with Crippen LogP contribution in [0.2, 0.25) is 0 Å². The van der Waals surface area contributed by atoms with Gasteiger partial charge >= 0.3 is 0 Å². The number of carbonyl (C=O) groups is 1. The van der Waals surface area contributed by atoms with Crippen molar-refractivity contribution >= 4 is 11.6 Å². The van der Waals surface area contributed by atoms with Gasteiger partial charge in [-0.1, -0.05) is 6.08 Å². The number of hydrogen-bond acceptors (Lipinski definition) is 3. The molecule has 0 saturated carbocycles. The Bertz CT molecular complexity index is 531. The van der Waals surface area contributed by atoms with Crippen molar-refractivity contribution in [3.63, 3.8) is 0 Å². The molecule has 1 amide bonds. The van der Waals surface area contributed by atoms with E-state index >= 15 is 0 Å². The summed E-state index contributed by atoms with van der Waals surface area (Å²) in [5.41, 5.74) is 1.17. The molecule has 0 aromatic heterocycles. The monoisotopic (exact) mass is 242 g/mol. The van der Waals surface area contributed by atoms with Crippen molar-refractivity contribution in [1.82, 2.24) is 0 Å². The van der Waals surface area contributed by atoms with Crippen LogP contribution in [0, 0.1) is 17.2 Å². The standard InChI is InChI=1S/C14H14N2O2/c1-3-10-6-14(17)16(9-10)12-4-5-13(18-2)11(7-12)8-15/h3-5,7,10H,1,6,9H2,2H3. The molecule has 1 heterocycles. The molecule has 2 rings (SSSR count). The van der Waals surface area contributed by atoms with Crippen LogP contribution in [0.15, 0.2) is 30.9 Å². The van der Waals surface area contributed by atoms with Crippen LogP contribution < -0.4 is 9.64 Å². The number of anilines is 1. The third-order valence-electron chi connectivity index (χ3n) is 3.10. The average molecular weight is 242 g/mol. The normalized spacial score (nSPS) is 18.6. The van der Waals surface area contributed by atoms with Gasteiger partial charge in [0.05, 0.1) is 12.7 Å². The lowest BCUT2D eigenvalue weighted by Gasteiger charge is -2.17. The number of amides is 1. The smallest absolute Gasteiger partial charge is 0.227 e. The van der Waals surface area contributed by atoms with Crippen LogP contribution in [0.5, 0.6) is 5.75 Å². The maximum absolute atomic E-state index is 11.9. The molecule has 1 fully saturated rings. The third kappa shape index (κ3) is 2.07. The molecule has 0 radical (unpaired) electrons. The Morgan fingerprint density at radius 1 is 1.61 bits per heavy atom. The van der Waals surface area contributed by atoms with E-state index in [4.69, 9.17) is 10.00 Å². The highest BCUT2D eigenvalue weighted by atomic mass is 16.5. The quantitative estimate of drug-likeness (QED) is 0.763. The number of hydrogen-bond donors (Lipinski definition) is 0. The molecule has 1 aliphatic rings. The summed E-state index contributed by atoms with van der Waals surface area (Å²) in [7, 11) is 1.52. The molecule has 0 N–H and O–H groups in total. The zero-order chi connectivity index (χ0) is 13.1. The van der Waals surface area contributed by atoms with E-state index in [0.717, 1.165) is 5.69 Å². The average Bonchev–Trinajstić information content (AvgIpc) is 2.79. The largest absolute Gasteiger partial charge is 0.495 e. The number of ether oxygens (including phenoxy) is 1. The van der Waals surface area contributed by atoms with Crippen LogP contribution in [0.4, 0.5) is 5.69 Å². The predicted octanol–water partition coefficient (Wildman–Crippen LogP) is 2.11. The van der Waals surface area contributed by atoms with Crippen molar-refractivity contribution in [2.45, 2.75) is 6.42 Å². The molecule has 4 nitrogen and oxygen atoms in total. The summed E-state index contributed by atoms with van der Waals surface area (Å²) < 4.78 is 5.08. The van der Waals surface area contributed by atoms with Crippen LogP contribution in [0.25, 0.3) is 0 Å². The molecular weight excluding hydrogens is 228 g/mol. The maximum atomic E-state index is 11.9. The first-order valence-electron chi connectivity index (χ1n) is 5.70. The molecule has 4 heteroatoms. The second kappa shape index (κ2) is 4.92. The molecule has 0 bridgehead atoms. The Balaban J connectivity index is 2.32. The summed E-state index contributed by atoms with van der Waals surface area (Å²) in [6.07, 6.45) is 2.28. The van der Waals surface area contributed by atoms with Gasteiger partial charge in [0.2, 0.25) is 5.91 Å². The summed E-state index contributed by atoms with van der Waals surface area (Å²) in [4.78, 5) is 13.5. The second-order valence-corrected chi connectivity index (χ2v) is 4.20. The fourth-order valence-corrected chi connectivity index (χ4v) is 2.09. The van der Waals surface area contributed by atoms with Crippen molar-refractivity contribution < 1.29 is 9.53 Å². The number of benzene rings is 1. The summed E-state index contributed by atoms with van der Waals surface area (Å²) in [6.45, 7) is 4.34. The molecule has 1 unspecified atom stereocenters. The number of rotatable bonds is 3. The highest BCUT2D eigenvalue weighted by molar-refractivity contribution is 5.96. The number of nitrogens with zero attached hydrogens (tertiary/aromatic N) is 2. The fraction of sp³-hybridized carbons (Fsp3) is 0.286. The van der Waals surface area contributed by atoms with Crippen molar-refractivity contribution in [3.8, 4) is 11.8 Å². The van der Waals surface area contributed by atoms with Gasteiger partial charge in [-0.25, -0.2) is 0 Å². The van der Waals surface area contributed by atoms with Gasteiger partial charge in [-0.3, -0.25) is 4.79 Å². The molecule has 92 valence electrons. The summed E-state index contributed by atoms with van der Waals surface area (Å²) >= 11 is 0.